The maximum absolute atomic E-state index is 8.62. The van der Waals surface area contributed by atoms with E-state index in [9.17, 15) is 0 Å². The van der Waals surface area contributed by atoms with Crippen LogP contribution in [0.15, 0.2) is 18.3 Å². The summed E-state index contributed by atoms with van der Waals surface area (Å²) in [6, 6.07) is 5.57. The van der Waals surface area contributed by atoms with Gasteiger partial charge < -0.3 is 10.1 Å². The van der Waals surface area contributed by atoms with Crippen LogP contribution in [0.1, 0.15) is 25.5 Å². The van der Waals surface area contributed by atoms with Gasteiger partial charge in [0, 0.05) is 13.2 Å². The Bertz CT molecular complexity index is 388. The molecule has 1 aliphatic heterocycles. The molecule has 1 aromatic heterocycles. The van der Waals surface area contributed by atoms with E-state index in [0.29, 0.717) is 5.69 Å². The van der Waals surface area contributed by atoms with Crippen LogP contribution in [0.3, 0.4) is 0 Å². The SMILES string of the molecule is CC1(CNc2ccc(C#N)nc2)CCCO1. The lowest BCUT2D eigenvalue weighted by molar-refractivity contribution is 0.0315. The summed E-state index contributed by atoms with van der Waals surface area (Å²) < 4.78 is 5.67. The molecule has 0 aliphatic carbocycles. The van der Waals surface area contributed by atoms with E-state index in [-0.39, 0.29) is 5.60 Å². The highest BCUT2D eigenvalue weighted by molar-refractivity contribution is 5.43. The Balaban J connectivity index is 1.92. The summed E-state index contributed by atoms with van der Waals surface area (Å²) in [7, 11) is 0. The van der Waals surface area contributed by atoms with Crippen molar-refractivity contribution >= 4 is 5.69 Å². The molecule has 0 amide bonds. The van der Waals surface area contributed by atoms with Crippen molar-refractivity contribution in [1.29, 1.82) is 5.26 Å². The number of nitriles is 1. The highest BCUT2D eigenvalue weighted by Crippen LogP contribution is 2.25. The van der Waals surface area contributed by atoms with Crippen molar-refractivity contribution in [2.24, 2.45) is 0 Å². The molecule has 2 rings (SSSR count). The molecule has 1 aromatic rings. The molecule has 1 N–H and O–H groups in total. The van der Waals surface area contributed by atoms with Gasteiger partial charge in [0.2, 0.25) is 0 Å². The van der Waals surface area contributed by atoms with Crippen LogP contribution in [0.5, 0.6) is 0 Å². The van der Waals surface area contributed by atoms with Gasteiger partial charge in [0.25, 0.3) is 0 Å². The average molecular weight is 217 g/mol. The molecular formula is C12H15N3O. The summed E-state index contributed by atoms with van der Waals surface area (Å²) in [5.74, 6) is 0. The molecule has 1 fully saturated rings. The molecule has 1 unspecified atom stereocenters. The van der Waals surface area contributed by atoms with Crippen LogP contribution in [0.4, 0.5) is 5.69 Å². The topological polar surface area (TPSA) is 57.9 Å². The third-order valence-corrected chi connectivity index (χ3v) is 2.84. The fraction of sp³-hybridized carbons (Fsp3) is 0.500. The number of nitrogens with one attached hydrogen (secondary N) is 1. The fourth-order valence-electron chi connectivity index (χ4n) is 1.83. The van der Waals surface area contributed by atoms with Gasteiger partial charge in [0.1, 0.15) is 11.8 Å². The van der Waals surface area contributed by atoms with E-state index in [0.717, 1.165) is 31.7 Å². The average Bonchev–Trinajstić information content (AvgIpc) is 2.75. The van der Waals surface area contributed by atoms with Crippen molar-refractivity contribution in [2.75, 3.05) is 18.5 Å². The van der Waals surface area contributed by atoms with Gasteiger partial charge in [-0.25, -0.2) is 4.98 Å². The lowest BCUT2D eigenvalue weighted by Crippen LogP contribution is -2.32. The second-order valence-corrected chi connectivity index (χ2v) is 4.30. The second kappa shape index (κ2) is 4.50. The molecule has 4 nitrogen and oxygen atoms in total. The smallest absolute Gasteiger partial charge is 0.140 e. The molecule has 16 heavy (non-hydrogen) atoms. The third kappa shape index (κ3) is 2.50. The van der Waals surface area contributed by atoms with E-state index in [1.165, 1.54) is 0 Å². The number of ether oxygens (including phenoxy) is 1. The molecule has 2 heterocycles. The van der Waals surface area contributed by atoms with Gasteiger partial charge in [0.15, 0.2) is 0 Å². The highest BCUT2D eigenvalue weighted by Gasteiger charge is 2.29. The minimum Gasteiger partial charge on any atom is -0.381 e. The van der Waals surface area contributed by atoms with Gasteiger partial charge in [0.05, 0.1) is 17.5 Å². The summed E-state index contributed by atoms with van der Waals surface area (Å²) >= 11 is 0. The Hall–Kier alpha value is -1.60. The normalized spacial score (nSPS) is 24.0. The van der Waals surface area contributed by atoms with Gasteiger partial charge in [-0.2, -0.15) is 5.26 Å². The zero-order valence-corrected chi connectivity index (χ0v) is 9.36. The predicted molar refractivity (Wildman–Crippen MR) is 61.0 cm³/mol. The minimum absolute atomic E-state index is 0.0616. The van der Waals surface area contributed by atoms with Gasteiger partial charge >= 0.3 is 0 Å². The predicted octanol–water partition coefficient (Wildman–Crippen LogP) is 1.93. The zero-order chi connectivity index (χ0) is 11.4. The number of aromatic nitrogens is 1. The monoisotopic (exact) mass is 217 g/mol. The zero-order valence-electron chi connectivity index (χ0n) is 9.36. The van der Waals surface area contributed by atoms with E-state index in [4.69, 9.17) is 10.00 Å². The number of pyridine rings is 1. The van der Waals surface area contributed by atoms with Crippen molar-refractivity contribution in [3.63, 3.8) is 0 Å². The lowest BCUT2D eigenvalue weighted by atomic mass is 10.0. The molecule has 1 atom stereocenters. The number of rotatable bonds is 3. The highest BCUT2D eigenvalue weighted by atomic mass is 16.5. The van der Waals surface area contributed by atoms with Crippen molar-refractivity contribution in [2.45, 2.75) is 25.4 Å². The molecule has 1 aliphatic rings. The van der Waals surface area contributed by atoms with Crippen molar-refractivity contribution in [1.82, 2.24) is 4.98 Å². The van der Waals surface area contributed by atoms with E-state index < -0.39 is 0 Å². The van der Waals surface area contributed by atoms with Crippen molar-refractivity contribution in [3.05, 3.63) is 24.0 Å². The van der Waals surface area contributed by atoms with Crippen LogP contribution in [-0.4, -0.2) is 23.7 Å². The first-order valence-corrected chi connectivity index (χ1v) is 5.46. The molecule has 0 bridgehead atoms. The first-order chi connectivity index (χ1) is 7.72. The Labute approximate surface area is 95.3 Å². The largest absolute Gasteiger partial charge is 0.381 e. The molecule has 4 heteroatoms. The number of nitrogens with zero attached hydrogens (tertiary/aromatic N) is 2. The summed E-state index contributed by atoms with van der Waals surface area (Å²) in [5, 5.41) is 11.9. The van der Waals surface area contributed by atoms with Crippen molar-refractivity contribution in [3.8, 4) is 6.07 Å². The quantitative estimate of drug-likeness (QED) is 0.840. The molecule has 0 saturated carbocycles. The van der Waals surface area contributed by atoms with Gasteiger partial charge in [-0.15, -0.1) is 0 Å². The second-order valence-electron chi connectivity index (χ2n) is 4.30. The maximum Gasteiger partial charge on any atom is 0.140 e. The summed E-state index contributed by atoms with van der Waals surface area (Å²) in [4.78, 5) is 4.00. The summed E-state index contributed by atoms with van der Waals surface area (Å²) in [6.45, 7) is 3.74. The molecular weight excluding hydrogens is 202 g/mol. The Morgan fingerprint density at radius 2 is 2.50 bits per heavy atom. The van der Waals surface area contributed by atoms with Crippen LogP contribution >= 0.6 is 0 Å². The number of hydrogen-bond donors (Lipinski definition) is 1. The fourth-order valence-corrected chi connectivity index (χ4v) is 1.83. The first kappa shape index (κ1) is 10.9. The number of hydrogen-bond acceptors (Lipinski definition) is 4. The lowest BCUT2D eigenvalue weighted by Gasteiger charge is -2.23. The van der Waals surface area contributed by atoms with E-state index in [1.54, 1.807) is 12.3 Å². The van der Waals surface area contributed by atoms with Crippen LogP contribution in [0.2, 0.25) is 0 Å². The first-order valence-electron chi connectivity index (χ1n) is 5.46. The van der Waals surface area contributed by atoms with E-state index >= 15 is 0 Å². The molecule has 0 radical (unpaired) electrons. The standard InChI is InChI=1S/C12H15N3O/c1-12(5-2-6-16-12)9-15-11-4-3-10(7-13)14-8-11/h3-4,8,15H,2,5-6,9H2,1H3. The van der Waals surface area contributed by atoms with Gasteiger partial charge in [-0.1, -0.05) is 0 Å². The van der Waals surface area contributed by atoms with E-state index in [2.05, 4.69) is 17.2 Å². The molecule has 0 aromatic carbocycles. The Morgan fingerprint density at radius 3 is 3.06 bits per heavy atom. The Morgan fingerprint density at radius 1 is 1.62 bits per heavy atom. The van der Waals surface area contributed by atoms with Crippen molar-refractivity contribution < 1.29 is 4.74 Å². The van der Waals surface area contributed by atoms with Gasteiger partial charge in [-0.3, -0.25) is 0 Å². The summed E-state index contributed by atoms with van der Waals surface area (Å²) in [5.41, 5.74) is 1.30. The molecule has 1 saturated heterocycles. The van der Waals surface area contributed by atoms with Crippen LogP contribution in [0, 0.1) is 11.3 Å². The van der Waals surface area contributed by atoms with E-state index in [1.807, 2.05) is 12.1 Å². The number of anilines is 1. The third-order valence-electron chi connectivity index (χ3n) is 2.84. The maximum atomic E-state index is 8.62. The van der Waals surface area contributed by atoms with Crippen LogP contribution in [-0.2, 0) is 4.74 Å². The van der Waals surface area contributed by atoms with Gasteiger partial charge in [-0.05, 0) is 31.9 Å². The van der Waals surface area contributed by atoms with Crippen LogP contribution in [0.25, 0.3) is 0 Å². The Kier molecular flexibility index (Phi) is 3.07. The molecule has 0 spiro atoms. The van der Waals surface area contributed by atoms with Crippen LogP contribution < -0.4 is 5.32 Å². The molecule has 84 valence electrons. The summed E-state index contributed by atoms with van der Waals surface area (Å²) in [6.07, 6.45) is 3.89. The minimum atomic E-state index is -0.0616.